The van der Waals surface area contributed by atoms with Crippen LogP contribution < -0.4 is 24.7 Å². The number of piperidine rings is 1. The lowest BCUT2D eigenvalue weighted by atomic mass is 10.1. The Hall–Kier alpha value is -4.25. The normalized spacial score (nSPS) is 15.9. The van der Waals surface area contributed by atoms with E-state index in [0.29, 0.717) is 48.1 Å². The number of methoxy groups -OCH3 is 1. The van der Waals surface area contributed by atoms with Crippen molar-refractivity contribution in [3.05, 3.63) is 59.7 Å². The fraction of sp³-hybridized carbons (Fsp3) is 0.370. The minimum atomic E-state index is -0.456. The van der Waals surface area contributed by atoms with E-state index in [9.17, 15) is 4.79 Å². The second-order valence-corrected chi connectivity index (χ2v) is 8.94. The van der Waals surface area contributed by atoms with Gasteiger partial charge in [0.05, 0.1) is 32.1 Å². The fourth-order valence-corrected chi connectivity index (χ4v) is 4.29. The molecule has 0 saturated carbocycles. The maximum atomic E-state index is 12.4. The molecule has 0 atom stereocenters. The first-order valence-electron chi connectivity index (χ1n) is 12.8. The van der Waals surface area contributed by atoms with Crippen LogP contribution in [0, 0.1) is 0 Å². The summed E-state index contributed by atoms with van der Waals surface area (Å²) in [5.41, 5.74) is 4.16. The molecule has 0 unspecified atom stereocenters. The first-order valence-corrected chi connectivity index (χ1v) is 12.8. The maximum absolute atomic E-state index is 12.4. The third-order valence-electron chi connectivity index (χ3n) is 6.32. The number of ether oxygens (including phenoxy) is 3. The highest BCUT2D eigenvalue weighted by molar-refractivity contribution is 5.91. The molecule has 0 bridgehead atoms. The molecule has 2 saturated heterocycles. The molecule has 0 aliphatic carbocycles. The number of nitrogens with one attached hydrogen (secondary N) is 1. The van der Waals surface area contributed by atoms with E-state index in [-0.39, 0.29) is 0 Å². The zero-order valence-corrected chi connectivity index (χ0v) is 21.4. The van der Waals surface area contributed by atoms with Crippen LogP contribution in [0.3, 0.4) is 0 Å². The first-order chi connectivity index (χ1) is 18.7. The van der Waals surface area contributed by atoms with E-state index in [1.807, 2.05) is 6.07 Å². The molecule has 0 radical (unpaired) electrons. The van der Waals surface area contributed by atoms with Gasteiger partial charge in [-0.05, 0) is 55.2 Å². The third-order valence-corrected chi connectivity index (χ3v) is 6.32. The molecule has 198 valence electrons. The fourth-order valence-electron chi connectivity index (χ4n) is 4.29. The van der Waals surface area contributed by atoms with Crippen molar-refractivity contribution in [2.45, 2.75) is 19.3 Å². The van der Waals surface area contributed by atoms with Gasteiger partial charge in [-0.3, -0.25) is 0 Å². The van der Waals surface area contributed by atoms with Crippen LogP contribution in [0.2, 0.25) is 0 Å². The topological polar surface area (TPSA) is 114 Å². The van der Waals surface area contributed by atoms with Gasteiger partial charge >= 0.3 is 5.97 Å². The van der Waals surface area contributed by atoms with Gasteiger partial charge in [0.2, 0.25) is 17.8 Å². The van der Waals surface area contributed by atoms with Gasteiger partial charge in [0.15, 0.2) is 11.5 Å². The molecule has 2 fully saturated rings. The van der Waals surface area contributed by atoms with Crippen LogP contribution in [0.1, 0.15) is 35.2 Å². The number of carbonyl (C=O) groups excluding carboxylic acids is 1. The van der Waals surface area contributed by atoms with Crippen LogP contribution in [0.25, 0.3) is 0 Å². The zero-order valence-electron chi connectivity index (χ0n) is 21.4. The second kappa shape index (κ2) is 12.3. The summed E-state index contributed by atoms with van der Waals surface area (Å²) in [5, 5.41) is 4.35. The van der Waals surface area contributed by atoms with Crippen LogP contribution in [0.5, 0.6) is 11.5 Å². The molecule has 11 heteroatoms. The predicted molar refractivity (Wildman–Crippen MR) is 145 cm³/mol. The van der Waals surface area contributed by atoms with Crippen molar-refractivity contribution in [1.82, 2.24) is 15.0 Å². The molecular formula is C27H31N7O4. The highest BCUT2D eigenvalue weighted by atomic mass is 16.6. The van der Waals surface area contributed by atoms with Crippen LogP contribution >= 0.6 is 0 Å². The van der Waals surface area contributed by atoms with Crippen molar-refractivity contribution in [1.29, 1.82) is 0 Å². The lowest BCUT2D eigenvalue weighted by Crippen LogP contribution is -2.38. The number of hydrogen-bond donors (Lipinski definition) is 1. The summed E-state index contributed by atoms with van der Waals surface area (Å²) in [6.07, 6.45) is 5.10. The highest BCUT2D eigenvalue weighted by Gasteiger charge is 2.20. The molecule has 0 spiro atoms. The quantitative estimate of drug-likeness (QED) is 0.206. The van der Waals surface area contributed by atoms with Crippen LogP contribution in [-0.2, 0) is 4.74 Å². The lowest BCUT2D eigenvalue weighted by molar-refractivity contribution is 0.0729. The van der Waals surface area contributed by atoms with Crippen molar-refractivity contribution in [2.24, 2.45) is 5.10 Å². The number of nitrogens with zero attached hydrogens (tertiary/aromatic N) is 6. The Bertz CT molecular complexity index is 1220. The average molecular weight is 518 g/mol. The smallest absolute Gasteiger partial charge is 0.343 e. The standard InChI is InChI=1S/C27H31N7O4/c1-36-23-18-20(10-11-22(23)38-24(35)21-8-4-2-5-9-21)19-28-32-25-29-26(33-12-6-3-7-13-33)31-27(30-25)34-14-16-37-17-15-34/h2,4-5,8-11,18-19H,3,6-7,12-17H2,1H3,(H,29,30,31,32)/b28-19-. The Labute approximate surface area is 221 Å². The Morgan fingerprint density at radius 3 is 2.34 bits per heavy atom. The van der Waals surface area contributed by atoms with E-state index in [4.69, 9.17) is 19.2 Å². The van der Waals surface area contributed by atoms with E-state index < -0.39 is 5.97 Å². The van der Waals surface area contributed by atoms with Gasteiger partial charge in [-0.15, -0.1) is 0 Å². The molecule has 2 aliphatic heterocycles. The number of aromatic nitrogens is 3. The Kier molecular flexibility index (Phi) is 8.24. The lowest BCUT2D eigenvalue weighted by Gasteiger charge is -2.30. The van der Waals surface area contributed by atoms with E-state index in [1.54, 1.807) is 48.7 Å². The van der Waals surface area contributed by atoms with Gasteiger partial charge in [-0.25, -0.2) is 10.2 Å². The maximum Gasteiger partial charge on any atom is 0.343 e. The zero-order chi connectivity index (χ0) is 26.2. The monoisotopic (exact) mass is 517 g/mol. The first kappa shape index (κ1) is 25.4. The van der Waals surface area contributed by atoms with E-state index in [2.05, 4.69) is 30.3 Å². The summed E-state index contributed by atoms with van der Waals surface area (Å²) in [6, 6.07) is 14.0. The van der Waals surface area contributed by atoms with Crippen LogP contribution in [0.4, 0.5) is 17.8 Å². The molecule has 11 nitrogen and oxygen atoms in total. The Morgan fingerprint density at radius 2 is 1.63 bits per heavy atom. The van der Waals surface area contributed by atoms with Crippen molar-refractivity contribution < 1.29 is 19.0 Å². The summed E-state index contributed by atoms with van der Waals surface area (Å²) in [5.74, 6) is 1.93. The summed E-state index contributed by atoms with van der Waals surface area (Å²) in [6.45, 7) is 4.60. The molecule has 0 amide bonds. The molecular weight excluding hydrogens is 486 g/mol. The molecule has 5 rings (SSSR count). The van der Waals surface area contributed by atoms with Gasteiger partial charge < -0.3 is 24.0 Å². The molecule has 2 aromatic carbocycles. The predicted octanol–water partition coefficient (Wildman–Crippen LogP) is 3.37. The third kappa shape index (κ3) is 6.35. The summed E-state index contributed by atoms with van der Waals surface area (Å²) < 4.78 is 16.4. The number of esters is 1. The molecule has 3 heterocycles. The minimum Gasteiger partial charge on any atom is -0.493 e. The number of anilines is 3. The van der Waals surface area contributed by atoms with Gasteiger partial charge in [0.25, 0.3) is 0 Å². The molecule has 1 N–H and O–H groups in total. The Balaban J connectivity index is 1.30. The van der Waals surface area contributed by atoms with Gasteiger partial charge in [0, 0.05) is 26.2 Å². The number of hydrogen-bond acceptors (Lipinski definition) is 11. The SMILES string of the molecule is COc1cc(/C=N\Nc2nc(N3CCCCC3)nc(N3CCOCC3)n2)ccc1OC(=O)c1ccccc1. The number of rotatable bonds is 8. The van der Waals surface area contributed by atoms with Crippen molar-refractivity contribution in [3.8, 4) is 11.5 Å². The number of carbonyl (C=O) groups is 1. The minimum absolute atomic E-state index is 0.324. The summed E-state index contributed by atoms with van der Waals surface area (Å²) in [4.78, 5) is 30.7. The Morgan fingerprint density at radius 1 is 0.921 bits per heavy atom. The molecule has 3 aromatic rings. The van der Waals surface area contributed by atoms with Crippen molar-refractivity contribution in [3.63, 3.8) is 0 Å². The van der Waals surface area contributed by atoms with E-state index in [1.165, 1.54) is 13.5 Å². The van der Waals surface area contributed by atoms with Crippen LogP contribution in [-0.4, -0.2) is 73.6 Å². The summed E-state index contributed by atoms with van der Waals surface area (Å²) >= 11 is 0. The summed E-state index contributed by atoms with van der Waals surface area (Å²) in [7, 11) is 1.52. The van der Waals surface area contributed by atoms with Crippen molar-refractivity contribution in [2.75, 3.05) is 61.7 Å². The van der Waals surface area contributed by atoms with Gasteiger partial charge in [0.1, 0.15) is 0 Å². The van der Waals surface area contributed by atoms with E-state index in [0.717, 1.165) is 44.6 Å². The van der Waals surface area contributed by atoms with Crippen molar-refractivity contribution >= 4 is 30.0 Å². The largest absolute Gasteiger partial charge is 0.493 e. The molecule has 38 heavy (non-hydrogen) atoms. The number of benzene rings is 2. The van der Waals surface area contributed by atoms with E-state index >= 15 is 0 Å². The van der Waals surface area contributed by atoms with Crippen LogP contribution in [0.15, 0.2) is 53.6 Å². The number of morpholine rings is 1. The highest BCUT2D eigenvalue weighted by Crippen LogP contribution is 2.28. The number of hydrazone groups is 1. The van der Waals surface area contributed by atoms with Gasteiger partial charge in [-0.1, -0.05) is 18.2 Å². The second-order valence-electron chi connectivity index (χ2n) is 8.94. The van der Waals surface area contributed by atoms with Gasteiger partial charge in [-0.2, -0.15) is 20.1 Å². The average Bonchev–Trinajstić information content (AvgIpc) is 2.99. The molecule has 2 aliphatic rings. The molecule has 1 aromatic heterocycles.